The van der Waals surface area contributed by atoms with Gasteiger partial charge in [-0.1, -0.05) is 35.5 Å². The van der Waals surface area contributed by atoms with Crippen molar-refractivity contribution in [2.24, 2.45) is 0 Å². The molecular weight excluding hydrogens is 188 g/mol. The number of nitrogen functional groups attached to an aromatic ring is 1. The molecule has 1 heterocycles. The predicted octanol–water partition coefficient (Wildman–Crippen LogP) is 2.96. The number of nitrogens with zero attached hydrogens (tertiary/aromatic N) is 1. The van der Waals surface area contributed by atoms with Gasteiger partial charge in [0.15, 0.2) is 0 Å². The zero-order chi connectivity index (χ0) is 10.8. The summed E-state index contributed by atoms with van der Waals surface area (Å²) < 4.78 is 4.82. The molecule has 0 fully saturated rings. The van der Waals surface area contributed by atoms with Crippen molar-refractivity contribution in [1.29, 1.82) is 0 Å². The van der Waals surface area contributed by atoms with Gasteiger partial charge in [0, 0.05) is 11.6 Å². The number of hydrogen-bond donors (Lipinski definition) is 1. The molecule has 1 aromatic carbocycles. The van der Waals surface area contributed by atoms with Crippen LogP contribution in [0.25, 0.3) is 16.8 Å². The molecule has 0 bridgehead atoms. The Hall–Kier alpha value is -2.03. The molecule has 15 heavy (non-hydrogen) atoms. The maximum Gasteiger partial charge on any atom is 0.222 e. The molecule has 0 aliphatic carbocycles. The molecule has 0 saturated heterocycles. The third-order valence-corrected chi connectivity index (χ3v) is 2.18. The molecule has 1 aromatic heterocycles. The number of anilines is 1. The first-order valence-corrected chi connectivity index (χ1v) is 4.65. The third kappa shape index (κ3) is 1.91. The van der Waals surface area contributed by atoms with E-state index in [4.69, 9.17) is 10.3 Å². The van der Waals surface area contributed by atoms with E-state index in [1.807, 2.05) is 31.2 Å². The lowest BCUT2D eigenvalue weighted by Gasteiger charge is -2.01. The summed E-state index contributed by atoms with van der Waals surface area (Å²) in [5, 5.41) is 3.86. The predicted molar refractivity (Wildman–Crippen MR) is 61.1 cm³/mol. The van der Waals surface area contributed by atoms with Gasteiger partial charge in [-0.2, -0.15) is 0 Å². The average molecular weight is 200 g/mol. The number of aromatic nitrogens is 1. The van der Waals surface area contributed by atoms with Crippen LogP contribution in [0, 0.1) is 0 Å². The zero-order valence-electron chi connectivity index (χ0n) is 8.53. The van der Waals surface area contributed by atoms with Gasteiger partial charge in [0.05, 0.1) is 0 Å². The van der Waals surface area contributed by atoms with Crippen molar-refractivity contribution in [2.75, 3.05) is 5.73 Å². The van der Waals surface area contributed by atoms with E-state index in [1.165, 1.54) is 0 Å². The molecule has 2 N–H and O–H groups in total. The van der Waals surface area contributed by atoms with Crippen LogP contribution in [0.15, 0.2) is 41.4 Å². The van der Waals surface area contributed by atoms with E-state index in [0.717, 1.165) is 22.4 Å². The summed E-state index contributed by atoms with van der Waals surface area (Å²) in [7, 11) is 0. The van der Waals surface area contributed by atoms with Crippen LogP contribution in [0.3, 0.4) is 0 Å². The number of allylic oxidation sites excluding steroid dienone is 1. The Bertz CT molecular complexity index is 500. The van der Waals surface area contributed by atoms with Crippen LogP contribution in [-0.2, 0) is 0 Å². The highest BCUT2D eigenvalue weighted by Crippen LogP contribution is 2.23. The summed E-state index contributed by atoms with van der Waals surface area (Å²) in [6.07, 6.45) is 0. The lowest BCUT2D eigenvalue weighted by atomic mass is 10.0. The van der Waals surface area contributed by atoms with Crippen LogP contribution in [0.4, 0.5) is 5.88 Å². The van der Waals surface area contributed by atoms with Gasteiger partial charge in [-0.15, -0.1) is 0 Å². The summed E-state index contributed by atoms with van der Waals surface area (Å²) in [4.78, 5) is 0. The lowest BCUT2D eigenvalue weighted by molar-refractivity contribution is 0.439. The minimum atomic E-state index is 0.325. The Morgan fingerprint density at radius 2 is 2.20 bits per heavy atom. The molecule has 0 radical (unpaired) electrons. The fourth-order valence-corrected chi connectivity index (χ4v) is 1.37. The second-order valence-electron chi connectivity index (χ2n) is 3.48. The highest BCUT2D eigenvalue weighted by molar-refractivity contribution is 5.69. The highest BCUT2D eigenvalue weighted by atomic mass is 16.5. The van der Waals surface area contributed by atoms with Crippen LogP contribution in [0.1, 0.15) is 12.5 Å². The summed E-state index contributed by atoms with van der Waals surface area (Å²) in [6, 6.07) is 9.65. The molecule has 0 saturated carbocycles. The molecule has 0 atom stereocenters. The van der Waals surface area contributed by atoms with Crippen molar-refractivity contribution in [3.8, 4) is 11.3 Å². The summed E-state index contributed by atoms with van der Waals surface area (Å²) in [5.74, 6) is 0.325. The minimum absolute atomic E-state index is 0.325. The van der Waals surface area contributed by atoms with Crippen molar-refractivity contribution in [1.82, 2.24) is 5.16 Å². The first-order valence-electron chi connectivity index (χ1n) is 4.65. The molecule has 3 nitrogen and oxygen atoms in total. The normalized spacial score (nSPS) is 10.2. The molecule has 76 valence electrons. The van der Waals surface area contributed by atoms with Gasteiger partial charge < -0.3 is 10.3 Å². The molecule has 3 heteroatoms. The summed E-state index contributed by atoms with van der Waals surface area (Å²) >= 11 is 0. The SMILES string of the molecule is C=C(C)c1cccc(-c2cc(N)on2)c1. The van der Waals surface area contributed by atoms with E-state index in [9.17, 15) is 0 Å². The molecule has 2 rings (SSSR count). The van der Waals surface area contributed by atoms with Gasteiger partial charge in [0.1, 0.15) is 5.69 Å². The molecule has 0 amide bonds. The van der Waals surface area contributed by atoms with Crippen LogP contribution < -0.4 is 5.73 Å². The number of benzene rings is 1. The third-order valence-electron chi connectivity index (χ3n) is 2.18. The largest absolute Gasteiger partial charge is 0.368 e. The van der Waals surface area contributed by atoms with E-state index in [-0.39, 0.29) is 0 Å². The smallest absolute Gasteiger partial charge is 0.222 e. The van der Waals surface area contributed by atoms with Crippen molar-refractivity contribution < 1.29 is 4.52 Å². The fraction of sp³-hybridized carbons (Fsp3) is 0.0833. The van der Waals surface area contributed by atoms with Crippen LogP contribution in [0.5, 0.6) is 0 Å². The average Bonchev–Trinajstić information content (AvgIpc) is 2.65. The van der Waals surface area contributed by atoms with Gasteiger partial charge in [0.25, 0.3) is 0 Å². The first kappa shape index (κ1) is 9.52. The summed E-state index contributed by atoms with van der Waals surface area (Å²) in [6.45, 7) is 5.87. The summed E-state index contributed by atoms with van der Waals surface area (Å²) in [5.41, 5.74) is 9.31. The maximum absolute atomic E-state index is 5.47. The van der Waals surface area contributed by atoms with Gasteiger partial charge in [-0.25, -0.2) is 0 Å². The first-order chi connectivity index (χ1) is 7.16. The second-order valence-corrected chi connectivity index (χ2v) is 3.48. The van der Waals surface area contributed by atoms with Crippen LogP contribution in [-0.4, -0.2) is 5.16 Å². The van der Waals surface area contributed by atoms with Gasteiger partial charge in [-0.3, -0.25) is 0 Å². The topological polar surface area (TPSA) is 52.0 Å². The van der Waals surface area contributed by atoms with Gasteiger partial charge in [0.2, 0.25) is 5.88 Å². The quantitative estimate of drug-likeness (QED) is 0.810. The van der Waals surface area contributed by atoms with Crippen molar-refractivity contribution in [3.05, 3.63) is 42.5 Å². The molecule has 0 aliphatic rings. The Labute approximate surface area is 88.2 Å². The van der Waals surface area contributed by atoms with E-state index < -0.39 is 0 Å². The Morgan fingerprint density at radius 3 is 2.80 bits per heavy atom. The van der Waals surface area contributed by atoms with E-state index in [0.29, 0.717) is 5.88 Å². The van der Waals surface area contributed by atoms with Gasteiger partial charge >= 0.3 is 0 Å². The maximum atomic E-state index is 5.47. The fourth-order valence-electron chi connectivity index (χ4n) is 1.37. The monoisotopic (exact) mass is 200 g/mol. The number of nitrogens with two attached hydrogens (primary N) is 1. The molecular formula is C12H12N2O. The van der Waals surface area contributed by atoms with Gasteiger partial charge in [-0.05, 0) is 18.6 Å². The minimum Gasteiger partial charge on any atom is -0.368 e. The van der Waals surface area contributed by atoms with E-state index in [2.05, 4.69) is 11.7 Å². The van der Waals surface area contributed by atoms with Crippen LogP contribution >= 0.6 is 0 Å². The highest BCUT2D eigenvalue weighted by Gasteiger charge is 2.04. The number of rotatable bonds is 2. The Morgan fingerprint density at radius 1 is 1.40 bits per heavy atom. The Balaban J connectivity index is 2.45. The lowest BCUT2D eigenvalue weighted by Crippen LogP contribution is -1.81. The molecule has 0 spiro atoms. The van der Waals surface area contributed by atoms with E-state index in [1.54, 1.807) is 6.07 Å². The van der Waals surface area contributed by atoms with E-state index >= 15 is 0 Å². The standard InChI is InChI=1S/C12H12N2O/c1-8(2)9-4-3-5-10(6-9)11-7-12(13)15-14-11/h3-7H,1,13H2,2H3. The van der Waals surface area contributed by atoms with Crippen molar-refractivity contribution in [2.45, 2.75) is 6.92 Å². The Kier molecular flexibility index (Phi) is 2.29. The van der Waals surface area contributed by atoms with Crippen molar-refractivity contribution >= 4 is 11.5 Å². The van der Waals surface area contributed by atoms with Crippen LogP contribution in [0.2, 0.25) is 0 Å². The molecule has 2 aromatic rings. The number of hydrogen-bond acceptors (Lipinski definition) is 3. The zero-order valence-corrected chi connectivity index (χ0v) is 8.53. The van der Waals surface area contributed by atoms with Crippen molar-refractivity contribution in [3.63, 3.8) is 0 Å². The second kappa shape index (κ2) is 3.61. The molecule has 0 unspecified atom stereocenters. The molecule has 0 aliphatic heterocycles.